The van der Waals surface area contributed by atoms with E-state index in [0.717, 1.165) is 48.3 Å². The first kappa shape index (κ1) is 15.7. The van der Waals surface area contributed by atoms with Gasteiger partial charge in [-0.15, -0.1) is 0 Å². The third-order valence-corrected chi connectivity index (χ3v) is 4.89. The Morgan fingerprint density at radius 2 is 2.00 bits per heavy atom. The summed E-state index contributed by atoms with van der Waals surface area (Å²) < 4.78 is 5.41. The second kappa shape index (κ2) is 6.41. The van der Waals surface area contributed by atoms with Crippen LogP contribution >= 0.6 is 11.3 Å². The minimum Gasteiger partial charge on any atom is -0.391 e. The van der Waals surface area contributed by atoms with E-state index in [2.05, 4.69) is 32.7 Å². The van der Waals surface area contributed by atoms with E-state index in [0.29, 0.717) is 5.92 Å². The summed E-state index contributed by atoms with van der Waals surface area (Å²) in [5.74, 6) is 0.688. The fourth-order valence-electron chi connectivity index (χ4n) is 2.59. The largest absolute Gasteiger partial charge is 0.391 e. The van der Waals surface area contributed by atoms with Crippen LogP contribution < -0.4 is 4.90 Å². The number of hydrogen-bond acceptors (Lipinski definition) is 5. The monoisotopic (exact) mass is 298 g/mol. The summed E-state index contributed by atoms with van der Waals surface area (Å²) in [5.41, 5.74) is 1.01. The second-order valence-corrected chi connectivity index (χ2v) is 7.67. The maximum absolute atomic E-state index is 9.53. The van der Waals surface area contributed by atoms with Crippen molar-refractivity contribution in [3.8, 4) is 0 Å². The Hall–Kier alpha value is -0.650. The highest BCUT2D eigenvalue weighted by Gasteiger charge is 2.25. The predicted molar refractivity (Wildman–Crippen MR) is 83.5 cm³/mol. The third-order valence-electron chi connectivity index (χ3n) is 3.74. The second-order valence-electron chi connectivity index (χ2n) is 6.61. The van der Waals surface area contributed by atoms with Crippen molar-refractivity contribution in [1.29, 1.82) is 0 Å². The molecular weight excluding hydrogens is 272 g/mol. The van der Waals surface area contributed by atoms with E-state index >= 15 is 0 Å². The van der Waals surface area contributed by atoms with Gasteiger partial charge in [0.1, 0.15) is 0 Å². The Bertz CT molecular complexity index is 434. The number of aliphatic hydroxyl groups excluding tert-OH is 1. The summed E-state index contributed by atoms with van der Waals surface area (Å²) in [6.07, 6.45) is 2.27. The molecule has 0 bridgehead atoms. The van der Waals surface area contributed by atoms with Crippen LogP contribution in [0.2, 0.25) is 0 Å². The molecule has 4 nitrogen and oxygen atoms in total. The molecule has 5 heteroatoms. The SMILES string of the molecule is CN(CC1CCOCC1)c1nc(C(C)(C)C)c(CO)s1. The van der Waals surface area contributed by atoms with E-state index in [1.54, 1.807) is 11.3 Å². The molecule has 0 amide bonds. The van der Waals surface area contributed by atoms with Crippen LogP contribution in [0.3, 0.4) is 0 Å². The van der Waals surface area contributed by atoms with Crippen LogP contribution in [-0.2, 0) is 16.8 Å². The van der Waals surface area contributed by atoms with E-state index in [4.69, 9.17) is 9.72 Å². The van der Waals surface area contributed by atoms with Gasteiger partial charge in [-0.25, -0.2) is 4.98 Å². The normalized spacial score (nSPS) is 17.4. The number of nitrogens with zero attached hydrogens (tertiary/aromatic N) is 2. The van der Waals surface area contributed by atoms with Crippen molar-refractivity contribution in [2.75, 3.05) is 31.7 Å². The van der Waals surface area contributed by atoms with Gasteiger partial charge in [-0.3, -0.25) is 0 Å². The minimum atomic E-state index is -0.0215. The Morgan fingerprint density at radius 3 is 2.50 bits per heavy atom. The molecule has 20 heavy (non-hydrogen) atoms. The zero-order valence-corrected chi connectivity index (χ0v) is 13.8. The predicted octanol–water partition coefficient (Wildman–Crippen LogP) is 2.80. The van der Waals surface area contributed by atoms with E-state index in [1.807, 2.05) is 0 Å². The number of anilines is 1. The number of ether oxygens (including phenoxy) is 1. The van der Waals surface area contributed by atoms with Crippen molar-refractivity contribution in [2.45, 2.75) is 45.6 Å². The lowest BCUT2D eigenvalue weighted by Gasteiger charge is -2.26. The zero-order valence-electron chi connectivity index (χ0n) is 13.0. The van der Waals surface area contributed by atoms with E-state index in [9.17, 15) is 5.11 Å². The van der Waals surface area contributed by atoms with Gasteiger partial charge in [0.15, 0.2) is 5.13 Å². The topological polar surface area (TPSA) is 45.6 Å². The Kier molecular flexibility index (Phi) is 5.04. The Labute approximate surface area is 125 Å². The van der Waals surface area contributed by atoms with E-state index < -0.39 is 0 Å². The van der Waals surface area contributed by atoms with Gasteiger partial charge in [-0.1, -0.05) is 32.1 Å². The maximum Gasteiger partial charge on any atom is 0.185 e. The highest BCUT2D eigenvalue weighted by atomic mass is 32.1. The molecule has 1 aromatic rings. The van der Waals surface area contributed by atoms with Crippen molar-refractivity contribution in [3.63, 3.8) is 0 Å². The molecule has 1 N–H and O–H groups in total. The first-order valence-corrected chi connectivity index (χ1v) is 8.13. The molecular formula is C15H26N2O2S. The smallest absolute Gasteiger partial charge is 0.185 e. The van der Waals surface area contributed by atoms with Gasteiger partial charge >= 0.3 is 0 Å². The van der Waals surface area contributed by atoms with Gasteiger partial charge in [0, 0.05) is 32.2 Å². The average molecular weight is 298 g/mol. The minimum absolute atomic E-state index is 0.0215. The quantitative estimate of drug-likeness (QED) is 0.928. The molecule has 114 valence electrons. The summed E-state index contributed by atoms with van der Waals surface area (Å²) in [6.45, 7) is 9.29. The van der Waals surface area contributed by atoms with Gasteiger partial charge in [0.25, 0.3) is 0 Å². The number of rotatable bonds is 4. The molecule has 0 atom stereocenters. The molecule has 1 aliphatic rings. The lowest BCUT2D eigenvalue weighted by Crippen LogP contribution is -2.29. The Morgan fingerprint density at radius 1 is 1.35 bits per heavy atom. The first-order chi connectivity index (χ1) is 9.41. The third kappa shape index (κ3) is 3.71. The molecule has 0 spiro atoms. The molecule has 1 fully saturated rings. The van der Waals surface area contributed by atoms with E-state index in [1.165, 1.54) is 0 Å². The van der Waals surface area contributed by atoms with Crippen LogP contribution in [0.15, 0.2) is 0 Å². The summed E-state index contributed by atoms with van der Waals surface area (Å²) in [7, 11) is 2.10. The van der Waals surface area contributed by atoms with Crippen LogP contribution in [0.5, 0.6) is 0 Å². The van der Waals surface area contributed by atoms with Crippen molar-refractivity contribution in [1.82, 2.24) is 4.98 Å². The molecule has 2 rings (SSSR count). The average Bonchev–Trinajstić information content (AvgIpc) is 2.84. The number of hydrogen-bond donors (Lipinski definition) is 1. The Balaban J connectivity index is 2.09. The lowest BCUT2D eigenvalue weighted by atomic mass is 9.91. The van der Waals surface area contributed by atoms with Gasteiger partial charge in [-0.05, 0) is 18.8 Å². The van der Waals surface area contributed by atoms with Crippen LogP contribution in [0, 0.1) is 5.92 Å². The van der Waals surface area contributed by atoms with Gasteiger partial charge in [-0.2, -0.15) is 0 Å². The molecule has 1 aliphatic heterocycles. The highest BCUT2D eigenvalue weighted by molar-refractivity contribution is 7.15. The molecule has 2 heterocycles. The molecule has 0 unspecified atom stereocenters. The maximum atomic E-state index is 9.53. The summed E-state index contributed by atoms with van der Waals surface area (Å²) in [5, 5.41) is 10.6. The standard InChI is InChI=1S/C15H26N2O2S/c1-15(2,3)13-12(10-18)20-14(16-13)17(4)9-11-5-7-19-8-6-11/h11,18H,5-10H2,1-4H3. The van der Waals surface area contributed by atoms with Gasteiger partial charge in [0.2, 0.25) is 0 Å². The molecule has 0 aromatic carbocycles. The molecule has 1 aromatic heterocycles. The molecule has 0 radical (unpaired) electrons. The first-order valence-electron chi connectivity index (χ1n) is 7.31. The van der Waals surface area contributed by atoms with Crippen LogP contribution in [0.1, 0.15) is 44.2 Å². The van der Waals surface area contributed by atoms with Crippen molar-refractivity contribution in [2.24, 2.45) is 5.92 Å². The van der Waals surface area contributed by atoms with Crippen LogP contribution in [0.4, 0.5) is 5.13 Å². The fourth-order valence-corrected chi connectivity index (χ4v) is 3.69. The fraction of sp³-hybridized carbons (Fsp3) is 0.800. The van der Waals surface area contributed by atoms with Crippen molar-refractivity contribution < 1.29 is 9.84 Å². The zero-order chi connectivity index (χ0) is 14.8. The molecule has 0 aliphatic carbocycles. The van der Waals surface area contributed by atoms with Crippen LogP contribution in [0.25, 0.3) is 0 Å². The lowest BCUT2D eigenvalue weighted by molar-refractivity contribution is 0.0685. The summed E-state index contributed by atoms with van der Waals surface area (Å²) in [4.78, 5) is 7.99. The van der Waals surface area contributed by atoms with Gasteiger partial charge in [0.05, 0.1) is 17.2 Å². The number of thiazole rings is 1. The number of aliphatic hydroxyl groups is 1. The molecule has 1 saturated heterocycles. The van der Waals surface area contributed by atoms with E-state index in [-0.39, 0.29) is 12.0 Å². The summed E-state index contributed by atoms with van der Waals surface area (Å²) in [6, 6.07) is 0. The molecule has 0 saturated carbocycles. The summed E-state index contributed by atoms with van der Waals surface area (Å²) >= 11 is 1.62. The van der Waals surface area contributed by atoms with Gasteiger partial charge < -0.3 is 14.7 Å². The van der Waals surface area contributed by atoms with Crippen LogP contribution in [-0.4, -0.2) is 36.9 Å². The van der Waals surface area contributed by atoms with Crippen molar-refractivity contribution in [3.05, 3.63) is 10.6 Å². The number of aromatic nitrogens is 1. The highest BCUT2D eigenvalue weighted by Crippen LogP contribution is 2.34. The van der Waals surface area contributed by atoms with Crippen molar-refractivity contribution >= 4 is 16.5 Å².